The van der Waals surface area contributed by atoms with E-state index < -0.39 is 0 Å². The first-order valence-electron chi connectivity index (χ1n) is 6.59. The summed E-state index contributed by atoms with van der Waals surface area (Å²) in [6, 6.07) is 0. The molecule has 0 fully saturated rings. The van der Waals surface area contributed by atoms with Gasteiger partial charge in [-0.2, -0.15) is 0 Å². The molecular formula is C14H25N3OS. The van der Waals surface area contributed by atoms with Gasteiger partial charge in [0.25, 0.3) is 0 Å². The first kappa shape index (κ1) is 16.1. The fourth-order valence-electron chi connectivity index (χ4n) is 2.11. The minimum Gasteiger partial charge on any atom is -0.340 e. The topological polar surface area (TPSA) is 59.2 Å². The monoisotopic (exact) mass is 283 g/mol. The molecule has 0 aliphatic heterocycles. The third-order valence-electron chi connectivity index (χ3n) is 2.93. The lowest BCUT2D eigenvalue weighted by Gasteiger charge is -2.27. The minimum atomic E-state index is -0.0981. The van der Waals surface area contributed by atoms with Gasteiger partial charge in [-0.1, -0.05) is 20.8 Å². The van der Waals surface area contributed by atoms with Gasteiger partial charge in [0.2, 0.25) is 5.91 Å². The molecule has 1 heterocycles. The van der Waals surface area contributed by atoms with Crippen molar-refractivity contribution in [1.29, 1.82) is 0 Å². The predicted molar refractivity (Wildman–Crippen MR) is 79.9 cm³/mol. The summed E-state index contributed by atoms with van der Waals surface area (Å²) in [4.78, 5) is 19.5. The van der Waals surface area contributed by atoms with Crippen molar-refractivity contribution in [3.63, 3.8) is 0 Å². The molecule has 1 amide bonds. The quantitative estimate of drug-likeness (QED) is 0.903. The van der Waals surface area contributed by atoms with Gasteiger partial charge in [-0.05, 0) is 18.8 Å². The van der Waals surface area contributed by atoms with E-state index in [1.54, 1.807) is 16.2 Å². The average Bonchev–Trinajstić information content (AvgIpc) is 2.69. The summed E-state index contributed by atoms with van der Waals surface area (Å²) in [5.74, 6) is 0.0301. The van der Waals surface area contributed by atoms with Crippen LogP contribution >= 0.6 is 11.3 Å². The summed E-state index contributed by atoms with van der Waals surface area (Å²) in [7, 11) is 1.84. The molecule has 0 aliphatic rings. The normalized spacial score (nSPS) is 13.4. The van der Waals surface area contributed by atoms with Crippen LogP contribution in [0.15, 0.2) is 6.20 Å². The van der Waals surface area contributed by atoms with Gasteiger partial charge in [-0.3, -0.25) is 4.79 Å². The van der Waals surface area contributed by atoms with Gasteiger partial charge >= 0.3 is 0 Å². The van der Waals surface area contributed by atoms with Crippen LogP contribution in [0.4, 0.5) is 0 Å². The molecule has 108 valence electrons. The number of rotatable bonds is 5. The van der Waals surface area contributed by atoms with Gasteiger partial charge in [0, 0.05) is 24.7 Å². The van der Waals surface area contributed by atoms with Crippen LogP contribution in [0.25, 0.3) is 0 Å². The van der Waals surface area contributed by atoms with Crippen LogP contribution in [0.3, 0.4) is 0 Å². The maximum atomic E-state index is 12.4. The van der Waals surface area contributed by atoms with Crippen molar-refractivity contribution in [2.24, 2.45) is 17.1 Å². The fraction of sp³-hybridized carbons (Fsp3) is 0.714. The number of aromatic nitrogens is 1. The largest absolute Gasteiger partial charge is 0.340 e. The molecule has 0 saturated carbocycles. The van der Waals surface area contributed by atoms with E-state index in [0.717, 1.165) is 16.3 Å². The summed E-state index contributed by atoms with van der Waals surface area (Å²) in [5.41, 5.74) is 5.87. The second-order valence-corrected chi connectivity index (χ2v) is 7.56. The van der Waals surface area contributed by atoms with Crippen LogP contribution in [0.5, 0.6) is 0 Å². The van der Waals surface area contributed by atoms with Crippen molar-refractivity contribution < 1.29 is 4.79 Å². The van der Waals surface area contributed by atoms with Crippen LogP contribution < -0.4 is 5.73 Å². The highest BCUT2D eigenvalue weighted by Crippen LogP contribution is 2.25. The van der Waals surface area contributed by atoms with E-state index in [2.05, 4.69) is 25.8 Å². The Balaban J connectivity index is 2.64. The third-order valence-corrected chi connectivity index (χ3v) is 3.83. The van der Waals surface area contributed by atoms with Crippen molar-refractivity contribution >= 4 is 17.2 Å². The molecule has 1 aromatic heterocycles. The number of aryl methyl sites for hydroxylation is 1. The average molecular weight is 283 g/mol. The summed E-state index contributed by atoms with van der Waals surface area (Å²) in [6.07, 6.45) is 2.65. The van der Waals surface area contributed by atoms with Crippen LogP contribution in [0.1, 0.15) is 37.1 Å². The Bertz CT molecular complexity index is 423. The zero-order chi connectivity index (χ0) is 14.6. The van der Waals surface area contributed by atoms with Crippen LogP contribution in [0.2, 0.25) is 0 Å². The van der Waals surface area contributed by atoms with Gasteiger partial charge in [0.05, 0.1) is 17.5 Å². The highest BCUT2D eigenvalue weighted by atomic mass is 32.1. The summed E-state index contributed by atoms with van der Waals surface area (Å²) in [6.45, 7) is 9.39. The number of hydrogen-bond acceptors (Lipinski definition) is 4. The van der Waals surface area contributed by atoms with Crippen LogP contribution in [0, 0.1) is 18.3 Å². The van der Waals surface area contributed by atoms with E-state index in [-0.39, 0.29) is 17.2 Å². The van der Waals surface area contributed by atoms with Gasteiger partial charge < -0.3 is 10.6 Å². The van der Waals surface area contributed by atoms with Gasteiger partial charge in [-0.15, -0.1) is 11.3 Å². The van der Waals surface area contributed by atoms with Crippen LogP contribution in [-0.4, -0.2) is 29.4 Å². The third kappa shape index (κ3) is 5.28. The SMILES string of the molecule is Cc1ncc(CN(C)C(=O)C(CN)CC(C)(C)C)s1. The highest BCUT2D eigenvalue weighted by molar-refractivity contribution is 7.11. The maximum absolute atomic E-state index is 12.4. The van der Waals surface area contributed by atoms with Crippen molar-refractivity contribution in [2.45, 2.75) is 40.7 Å². The van der Waals surface area contributed by atoms with Gasteiger partial charge in [0.1, 0.15) is 0 Å². The summed E-state index contributed by atoms with van der Waals surface area (Å²) in [5, 5.41) is 1.03. The lowest BCUT2D eigenvalue weighted by molar-refractivity contribution is -0.135. The molecule has 5 heteroatoms. The smallest absolute Gasteiger partial charge is 0.227 e. The molecule has 4 nitrogen and oxygen atoms in total. The molecule has 0 saturated heterocycles. The number of nitrogens with two attached hydrogens (primary N) is 1. The number of carbonyl (C=O) groups is 1. The highest BCUT2D eigenvalue weighted by Gasteiger charge is 2.26. The molecule has 2 N–H and O–H groups in total. The molecule has 0 aromatic carbocycles. The Morgan fingerprint density at radius 3 is 2.58 bits per heavy atom. The van der Waals surface area contributed by atoms with E-state index in [1.165, 1.54) is 0 Å². The lowest BCUT2D eigenvalue weighted by Crippen LogP contribution is -2.38. The second kappa shape index (κ2) is 6.48. The molecule has 0 aliphatic carbocycles. The first-order chi connectivity index (χ1) is 8.73. The maximum Gasteiger partial charge on any atom is 0.227 e. The summed E-state index contributed by atoms with van der Waals surface area (Å²) >= 11 is 1.63. The molecule has 1 atom stereocenters. The first-order valence-corrected chi connectivity index (χ1v) is 7.41. The standard InChI is InChI=1S/C14H25N3OS/c1-10-16-8-12(19-10)9-17(5)13(18)11(7-15)6-14(2,3)4/h8,11H,6-7,9,15H2,1-5H3. The molecular weight excluding hydrogens is 258 g/mol. The number of thiazole rings is 1. The van der Waals surface area contributed by atoms with E-state index in [9.17, 15) is 4.79 Å². The van der Waals surface area contributed by atoms with Crippen molar-refractivity contribution in [1.82, 2.24) is 9.88 Å². The molecule has 1 aromatic rings. The molecule has 0 bridgehead atoms. The Kier molecular flexibility index (Phi) is 5.50. The molecule has 1 unspecified atom stereocenters. The zero-order valence-corrected chi connectivity index (χ0v) is 13.4. The van der Waals surface area contributed by atoms with E-state index >= 15 is 0 Å². The molecule has 0 spiro atoms. The number of carbonyl (C=O) groups excluding carboxylic acids is 1. The second-order valence-electron chi connectivity index (χ2n) is 6.24. The molecule has 0 radical (unpaired) electrons. The minimum absolute atomic E-state index is 0.0981. The Hall–Kier alpha value is -0.940. The number of amides is 1. The molecule has 19 heavy (non-hydrogen) atoms. The van der Waals surface area contributed by atoms with E-state index in [0.29, 0.717) is 13.1 Å². The van der Waals surface area contributed by atoms with E-state index in [1.807, 2.05) is 20.2 Å². The van der Waals surface area contributed by atoms with Crippen LogP contribution in [-0.2, 0) is 11.3 Å². The Labute approximate surface area is 120 Å². The van der Waals surface area contributed by atoms with Crippen molar-refractivity contribution in [3.05, 3.63) is 16.1 Å². The van der Waals surface area contributed by atoms with Crippen molar-refractivity contribution in [2.75, 3.05) is 13.6 Å². The van der Waals surface area contributed by atoms with Crippen molar-refractivity contribution in [3.8, 4) is 0 Å². The van der Waals surface area contributed by atoms with E-state index in [4.69, 9.17) is 5.73 Å². The van der Waals surface area contributed by atoms with Gasteiger partial charge in [0.15, 0.2) is 0 Å². The predicted octanol–water partition coefficient (Wildman–Crippen LogP) is 2.42. The zero-order valence-electron chi connectivity index (χ0n) is 12.6. The lowest BCUT2D eigenvalue weighted by atomic mass is 9.84. The van der Waals surface area contributed by atoms with Gasteiger partial charge in [-0.25, -0.2) is 4.98 Å². The summed E-state index contributed by atoms with van der Waals surface area (Å²) < 4.78 is 0. The molecule has 1 rings (SSSR count). The Morgan fingerprint density at radius 2 is 2.16 bits per heavy atom. The fourth-order valence-corrected chi connectivity index (χ4v) is 2.96. The number of hydrogen-bond donors (Lipinski definition) is 1. The Morgan fingerprint density at radius 1 is 1.53 bits per heavy atom. The number of nitrogens with zero attached hydrogens (tertiary/aromatic N) is 2.